The summed E-state index contributed by atoms with van der Waals surface area (Å²) in [5.74, 6) is -1.28. The van der Waals surface area contributed by atoms with E-state index in [1.54, 1.807) is 0 Å². The molecule has 3 rings (SSSR count). The zero-order valence-corrected chi connectivity index (χ0v) is 18.0. The molecular weight excluding hydrogens is 372 g/mol. The molecule has 28 heavy (non-hydrogen) atoms. The van der Waals surface area contributed by atoms with Gasteiger partial charge in [0.25, 0.3) is 0 Å². The molecule has 1 unspecified atom stereocenters. The Bertz CT molecular complexity index is 824. The summed E-state index contributed by atoms with van der Waals surface area (Å²) in [6, 6.07) is 17.8. The van der Waals surface area contributed by atoms with Crippen molar-refractivity contribution in [1.82, 2.24) is 0 Å². The monoisotopic (exact) mass is 400 g/mol. The van der Waals surface area contributed by atoms with Crippen molar-refractivity contribution in [2.45, 2.75) is 31.3 Å². The molecule has 0 N–H and O–H groups in total. The van der Waals surface area contributed by atoms with Crippen LogP contribution in [0.5, 0.6) is 0 Å². The number of thioether (sulfide) groups is 1. The summed E-state index contributed by atoms with van der Waals surface area (Å²) in [6.07, 6.45) is 1.91. The molecule has 0 saturated carbocycles. The Morgan fingerprint density at radius 1 is 1.04 bits per heavy atom. The minimum atomic E-state index is -0.998. The molecule has 0 spiro atoms. The van der Waals surface area contributed by atoms with Crippen molar-refractivity contribution in [1.29, 1.82) is 0 Å². The van der Waals surface area contributed by atoms with Crippen LogP contribution in [0.1, 0.15) is 37.5 Å². The highest BCUT2D eigenvalue weighted by Crippen LogP contribution is 2.44. The highest BCUT2D eigenvalue weighted by atomic mass is 32.2. The molecule has 0 amide bonds. The Morgan fingerprint density at radius 3 is 2.21 bits per heavy atom. The molecule has 4 nitrogen and oxygen atoms in total. The van der Waals surface area contributed by atoms with Crippen LogP contribution in [0.3, 0.4) is 0 Å². The quantitative estimate of drug-likeness (QED) is 0.680. The van der Waals surface area contributed by atoms with E-state index < -0.39 is 10.5 Å². The van der Waals surface area contributed by atoms with E-state index in [1.807, 2.05) is 67.8 Å². The maximum Gasteiger partial charge on any atom is 0.326 e. The first-order chi connectivity index (χ1) is 13.3. The van der Waals surface area contributed by atoms with Gasteiger partial charge in [0, 0.05) is 16.5 Å². The maximum absolute atomic E-state index is 12.5. The van der Waals surface area contributed by atoms with Gasteiger partial charge >= 0.3 is 5.97 Å². The first-order valence-corrected chi connectivity index (χ1v) is 10.6. The van der Waals surface area contributed by atoms with Crippen LogP contribution < -0.4 is 0 Å². The molecular formula is C23H28O4S. The van der Waals surface area contributed by atoms with E-state index in [9.17, 15) is 4.79 Å². The number of esters is 1. The van der Waals surface area contributed by atoms with Crippen molar-refractivity contribution in [3.8, 4) is 0 Å². The van der Waals surface area contributed by atoms with Gasteiger partial charge in [0.1, 0.15) is 4.75 Å². The number of hydrogen-bond acceptors (Lipinski definition) is 5. The minimum absolute atomic E-state index is 0.0598. The summed E-state index contributed by atoms with van der Waals surface area (Å²) in [5.41, 5.74) is 2.61. The van der Waals surface area contributed by atoms with Gasteiger partial charge in [-0.3, -0.25) is 4.79 Å². The zero-order chi connectivity index (χ0) is 20.4. The second-order valence-electron chi connectivity index (χ2n) is 8.03. The highest BCUT2D eigenvalue weighted by molar-refractivity contribution is 8.00. The smallest absolute Gasteiger partial charge is 0.326 e. The van der Waals surface area contributed by atoms with E-state index in [2.05, 4.69) is 13.8 Å². The van der Waals surface area contributed by atoms with Gasteiger partial charge in [-0.1, -0.05) is 62.4 Å². The van der Waals surface area contributed by atoms with Gasteiger partial charge in [-0.15, -0.1) is 11.8 Å². The van der Waals surface area contributed by atoms with Crippen molar-refractivity contribution in [3.05, 3.63) is 71.3 Å². The molecule has 1 heterocycles. The van der Waals surface area contributed by atoms with Crippen molar-refractivity contribution < 1.29 is 19.0 Å². The summed E-state index contributed by atoms with van der Waals surface area (Å²) in [4.78, 5) is 12.5. The molecule has 0 radical (unpaired) electrons. The first-order valence-electron chi connectivity index (χ1n) is 9.35. The van der Waals surface area contributed by atoms with Crippen molar-refractivity contribution in [2.24, 2.45) is 5.41 Å². The fraction of sp³-hybridized carbons (Fsp3) is 0.435. The van der Waals surface area contributed by atoms with Gasteiger partial charge in [-0.2, -0.15) is 0 Å². The third-order valence-electron chi connectivity index (χ3n) is 5.26. The SMILES string of the molecule is COC(=O)C(C)(SC)c1cccc(C2(c3ccccc3)OCC(C)(C)CO2)c1. The second kappa shape index (κ2) is 7.90. The Balaban J connectivity index is 2.11. The van der Waals surface area contributed by atoms with Crippen molar-refractivity contribution in [3.63, 3.8) is 0 Å². The average molecular weight is 401 g/mol. The van der Waals surface area contributed by atoms with Crippen LogP contribution in [0.2, 0.25) is 0 Å². The molecule has 0 aromatic heterocycles. The molecule has 2 aromatic rings. The summed E-state index contributed by atoms with van der Waals surface area (Å²) >= 11 is 1.45. The van der Waals surface area contributed by atoms with E-state index in [-0.39, 0.29) is 11.4 Å². The summed E-state index contributed by atoms with van der Waals surface area (Å²) < 4.78 is 17.0. The van der Waals surface area contributed by atoms with E-state index in [0.717, 1.165) is 16.7 Å². The lowest BCUT2D eigenvalue weighted by molar-refractivity contribution is -0.284. The Kier molecular flexibility index (Phi) is 5.89. The van der Waals surface area contributed by atoms with Crippen LogP contribution in [0, 0.1) is 5.41 Å². The van der Waals surface area contributed by atoms with Gasteiger partial charge in [-0.25, -0.2) is 0 Å². The molecule has 150 valence electrons. The Morgan fingerprint density at radius 2 is 1.64 bits per heavy atom. The number of ether oxygens (including phenoxy) is 3. The number of methoxy groups -OCH3 is 1. The second-order valence-corrected chi connectivity index (χ2v) is 9.26. The van der Waals surface area contributed by atoms with Crippen LogP contribution in [0.15, 0.2) is 54.6 Å². The molecule has 1 saturated heterocycles. The lowest BCUT2D eigenvalue weighted by Crippen LogP contribution is -2.46. The lowest BCUT2D eigenvalue weighted by Gasteiger charge is -2.44. The average Bonchev–Trinajstić information content (AvgIpc) is 2.73. The van der Waals surface area contributed by atoms with Crippen LogP contribution in [0.25, 0.3) is 0 Å². The minimum Gasteiger partial charge on any atom is -0.468 e. The number of hydrogen-bond donors (Lipinski definition) is 0. The van der Waals surface area contributed by atoms with Crippen LogP contribution in [-0.4, -0.2) is 32.5 Å². The van der Waals surface area contributed by atoms with E-state index >= 15 is 0 Å². The van der Waals surface area contributed by atoms with Crippen LogP contribution in [0.4, 0.5) is 0 Å². The third kappa shape index (κ3) is 3.71. The van der Waals surface area contributed by atoms with Gasteiger partial charge < -0.3 is 14.2 Å². The molecule has 0 bridgehead atoms. The van der Waals surface area contributed by atoms with E-state index in [1.165, 1.54) is 18.9 Å². The van der Waals surface area contributed by atoms with Gasteiger partial charge in [0.2, 0.25) is 5.79 Å². The molecule has 1 atom stereocenters. The van der Waals surface area contributed by atoms with Crippen LogP contribution in [-0.2, 0) is 29.5 Å². The molecule has 0 aliphatic carbocycles. The van der Waals surface area contributed by atoms with E-state index in [4.69, 9.17) is 14.2 Å². The molecule has 1 aliphatic rings. The summed E-state index contributed by atoms with van der Waals surface area (Å²) in [5, 5.41) is 0. The third-order valence-corrected chi connectivity index (χ3v) is 6.48. The largest absolute Gasteiger partial charge is 0.468 e. The van der Waals surface area contributed by atoms with Crippen LogP contribution >= 0.6 is 11.8 Å². The van der Waals surface area contributed by atoms with Gasteiger partial charge in [0.05, 0.1) is 20.3 Å². The summed E-state index contributed by atoms with van der Waals surface area (Å²) in [7, 11) is 1.42. The van der Waals surface area contributed by atoms with Gasteiger partial charge in [-0.05, 0) is 24.8 Å². The molecule has 2 aromatic carbocycles. The van der Waals surface area contributed by atoms with Crippen molar-refractivity contribution in [2.75, 3.05) is 26.6 Å². The summed E-state index contributed by atoms with van der Waals surface area (Å²) in [6.45, 7) is 7.27. The fourth-order valence-electron chi connectivity index (χ4n) is 3.37. The van der Waals surface area contributed by atoms with Crippen molar-refractivity contribution >= 4 is 17.7 Å². The maximum atomic E-state index is 12.5. The predicted octanol–water partition coefficient (Wildman–Crippen LogP) is 4.71. The fourth-order valence-corrected chi connectivity index (χ4v) is 3.98. The molecule has 1 fully saturated rings. The Labute approximate surface area is 171 Å². The number of benzene rings is 2. The molecule has 1 aliphatic heterocycles. The molecule has 5 heteroatoms. The number of rotatable bonds is 5. The Hall–Kier alpha value is -1.82. The topological polar surface area (TPSA) is 44.8 Å². The zero-order valence-electron chi connectivity index (χ0n) is 17.2. The number of carbonyl (C=O) groups is 1. The predicted molar refractivity (Wildman–Crippen MR) is 112 cm³/mol. The number of carbonyl (C=O) groups excluding carboxylic acids is 1. The first kappa shape index (κ1) is 20.9. The standard InChI is InChI=1S/C23H28O4S/c1-21(2)15-26-23(27-16-21,17-10-7-6-8-11-17)19-13-9-12-18(14-19)22(3,28-5)20(24)25-4/h6-14H,15-16H2,1-5H3. The lowest BCUT2D eigenvalue weighted by atomic mass is 9.88. The highest BCUT2D eigenvalue weighted by Gasteiger charge is 2.45. The van der Waals surface area contributed by atoms with E-state index in [0.29, 0.717) is 13.2 Å². The normalized spacial score (nSPS) is 20.2. The van der Waals surface area contributed by atoms with Gasteiger partial charge in [0.15, 0.2) is 0 Å².